The first-order chi connectivity index (χ1) is 8.99. The minimum atomic E-state index is -1.09. The van der Waals surface area contributed by atoms with Gasteiger partial charge >= 0.3 is 5.97 Å². The predicted molar refractivity (Wildman–Crippen MR) is 73.7 cm³/mol. The highest BCUT2D eigenvalue weighted by atomic mass is 79.9. The summed E-state index contributed by atoms with van der Waals surface area (Å²) in [5, 5.41) is 9.63. The van der Waals surface area contributed by atoms with Crippen LogP contribution in [0.25, 0.3) is 0 Å². The van der Waals surface area contributed by atoms with E-state index in [0.29, 0.717) is 21.2 Å². The molecular formula is C12H10BrClN2O3. The Hall–Kier alpha value is -1.53. The fourth-order valence-corrected chi connectivity index (χ4v) is 2.12. The first-order valence-electron chi connectivity index (χ1n) is 5.32. The molecule has 1 aromatic carbocycles. The maximum atomic E-state index is 11.1. The molecule has 0 fully saturated rings. The summed E-state index contributed by atoms with van der Waals surface area (Å²) < 4.78 is 7.59. The largest absolute Gasteiger partial charge is 0.487 e. The number of rotatable bonds is 4. The van der Waals surface area contributed by atoms with Crippen LogP contribution in [0.3, 0.4) is 0 Å². The summed E-state index contributed by atoms with van der Waals surface area (Å²) in [6.07, 6.45) is 0. The Labute approximate surface area is 122 Å². The third-order valence-corrected chi connectivity index (χ3v) is 3.48. The van der Waals surface area contributed by atoms with E-state index < -0.39 is 5.97 Å². The topological polar surface area (TPSA) is 64.4 Å². The number of aromatic carboxylic acids is 1. The lowest BCUT2D eigenvalue weighted by Crippen LogP contribution is -2.08. The second-order valence-electron chi connectivity index (χ2n) is 3.79. The first kappa shape index (κ1) is 13.9. The average Bonchev–Trinajstić information content (AvgIpc) is 2.64. The molecule has 0 saturated heterocycles. The number of carbonyl (C=O) groups is 1. The van der Waals surface area contributed by atoms with Crippen molar-refractivity contribution in [2.24, 2.45) is 7.05 Å². The minimum Gasteiger partial charge on any atom is -0.487 e. The second kappa shape index (κ2) is 5.63. The van der Waals surface area contributed by atoms with Gasteiger partial charge in [-0.3, -0.25) is 0 Å². The summed E-state index contributed by atoms with van der Waals surface area (Å²) in [4.78, 5) is 15.0. The fraction of sp³-hybridized carbons (Fsp3) is 0.167. The van der Waals surface area contributed by atoms with Gasteiger partial charge in [0, 0.05) is 12.1 Å². The summed E-state index contributed by atoms with van der Waals surface area (Å²) in [6, 6.07) is 6.90. The number of carboxylic acids is 1. The molecular weight excluding hydrogens is 336 g/mol. The highest BCUT2D eigenvalue weighted by Gasteiger charge is 2.19. The second-order valence-corrected chi connectivity index (χ2v) is 4.93. The quantitative estimate of drug-likeness (QED) is 0.925. The number of hydrogen-bond donors (Lipinski definition) is 1. The van der Waals surface area contributed by atoms with Gasteiger partial charge in [0.25, 0.3) is 0 Å². The molecule has 1 N–H and O–H groups in total. The molecule has 0 saturated carbocycles. The normalized spacial score (nSPS) is 10.5. The Balaban J connectivity index is 2.22. The van der Waals surface area contributed by atoms with Gasteiger partial charge in [-0.15, -0.1) is 0 Å². The van der Waals surface area contributed by atoms with Crippen molar-refractivity contribution in [2.75, 3.05) is 0 Å². The van der Waals surface area contributed by atoms with Crippen LogP contribution >= 0.6 is 27.5 Å². The summed E-state index contributed by atoms with van der Waals surface area (Å²) in [5.41, 5.74) is 0.441. The minimum absolute atomic E-state index is 0.0311. The monoisotopic (exact) mass is 344 g/mol. The molecule has 2 aromatic rings. The number of hydrogen-bond acceptors (Lipinski definition) is 3. The predicted octanol–water partition coefficient (Wildman–Crippen LogP) is 3.11. The number of aromatic nitrogens is 2. The smallest absolute Gasteiger partial charge is 0.356 e. The molecule has 0 aliphatic rings. The molecule has 0 unspecified atom stereocenters. The fourth-order valence-electron chi connectivity index (χ4n) is 1.55. The SMILES string of the molecule is Cn1c(Br)nc(C(=O)O)c1COc1cccc(Cl)c1. The van der Waals surface area contributed by atoms with Gasteiger partial charge in [0.2, 0.25) is 0 Å². The van der Waals surface area contributed by atoms with Crippen molar-refractivity contribution in [1.82, 2.24) is 9.55 Å². The van der Waals surface area contributed by atoms with Crippen LogP contribution < -0.4 is 4.74 Å². The van der Waals surface area contributed by atoms with Crippen LogP contribution in [-0.4, -0.2) is 20.6 Å². The highest BCUT2D eigenvalue weighted by molar-refractivity contribution is 9.10. The Morgan fingerprint density at radius 3 is 2.95 bits per heavy atom. The van der Waals surface area contributed by atoms with Crippen molar-refractivity contribution in [1.29, 1.82) is 0 Å². The van der Waals surface area contributed by atoms with Crippen LogP contribution in [0.2, 0.25) is 5.02 Å². The Kier molecular flexibility index (Phi) is 4.11. The van der Waals surface area contributed by atoms with E-state index in [0.717, 1.165) is 0 Å². The third-order valence-electron chi connectivity index (χ3n) is 2.53. The number of nitrogens with zero attached hydrogens (tertiary/aromatic N) is 2. The van der Waals surface area contributed by atoms with Crippen LogP contribution in [-0.2, 0) is 13.7 Å². The molecule has 0 bridgehead atoms. The molecule has 0 radical (unpaired) electrons. The maximum absolute atomic E-state index is 11.1. The van der Waals surface area contributed by atoms with Gasteiger partial charge in [-0.25, -0.2) is 9.78 Å². The van der Waals surface area contributed by atoms with Crippen LogP contribution in [0.5, 0.6) is 5.75 Å². The maximum Gasteiger partial charge on any atom is 0.356 e. The van der Waals surface area contributed by atoms with E-state index in [2.05, 4.69) is 20.9 Å². The Morgan fingerprint density at radius 1 is 1.58 bits per heavy atom. The van der Waals surface area contributed by atoms with Crippen molar-refractivity contribution in [2.45, 2.75) is 6.61 Å². The van der Waals surface area contributed by atoms with Gasteiger partial charge in [0.1, 0.15) is 12.4 Å². The van der Waals surface area contributed by atoms with Crippen molar-refractivity contribution in [3.05, 3.63) is 45.4 Å². The molecule has 2 rings (SSSR count). The molecule has 19 heavy (non-hydrogen) atoms. The molecule has 7 heteroatoms. The summed E-state index contributed by atoms with van der Waals surface area (Å²) in [6.45, 7) is 0.0943. The van der Waals surface area contributed by atoms with Crippen molar-refractivity contribution in [3.63, 3.8) is 0 Å². The lowest BCUT2D eigenvalue weighted by atomic mass is 10.3. The number of ether oxygens (including phenoxy) is 1. The zero-order valence-electron chi connectivity index (χ0n) is 9.93. The van der Waals surface area contributed by atoms with Gasteiger partial charge in [0.15, 0.2) is 10.4 Å². The zero-order chi connectivity index (χ0) is 14.0. The first-order valence-corrected chi connectivity index (χ1v) is 6.49. The van der Waals surface area contributed by atoms with E-state index in [1.165, 1.54) is 0 Å². The lowest BCUT2D eigenvalue weighted by molar-refractivity contribution is 0.0687. The van der Waals surface area contributed by atoms with E-state index >= 15 is 0 Å². The van der Waals surface area contributed by atoms with Crippen molar-refractivity contribution >= 4 is 33.5 Å². The number of halogens is 2. The van der Waals surface area contributed by atoms with Crippen LogP contribution in [0, 0.1) is 0 Å². The van der Waals surface area contributed by atoms with Gasteiger partial charge in [-0.1, -0.05) is 17.7 Å². The van der Waals surface area contributed by atoms with Gasteiger partial charge < -0.3 is 14.4 Å². The van der Waals surface area contributed by atoms with E-state index in [1.54, 1.807) is 35.9 Å². The van der Waals surface area contributed by atoms with Gasteiger partial charge in [-0.05, 0) is 34.1 Å². The van der Waals surface area contributed by atoms with Crippen LogP contribution in [0.1, 0.15) is 16.2 Å². The molecule has 1 aromatic heterocycles. The van der Waals surface area contributed by atoms with Gasteiger partial charge in [0.05, 0.1) is 5.69 Å². The number of benzene rings is 1. The summed E-state index contributed by atoms with van der Waals surface area (Å²) >= 11 is 9.03. The molecule has 0 aliphatic carbocycles. The molecule has 0 atom stereocenters. The third kappa shape index (κ3) is 3.08. The van der Waals surface area contributed by atoms with Gasteiger partial charge in [-0.2, -0.15) is 0 Å². The Bertz CT molecular complexity index is 627. The van der Waals surface area contributed by atoms with Crippen molar-refractivity contribution < 1.29 is 14.6 Å². The standard InChI is InChI=1S/C12H10BrClN2O3/c1-16-9(10(11(17)18)15-12(16)13)6-19-8-4-2-3-7(14)5-8/h2-5H,6H2,1H3,(H,17,18). The average molecular weight is 346 g/mol. The molecule has 100 valence electrons. The van der Waals surface area contributed by atoms with E-state index in [1.807, 2.05) is 0 Å². The molecule has 0 amide bonds. The molecule has 0 aliphatic heterocycles. The number of carboxylic acid groups (broad SMARTS) is 1. The van der Waals surface area contributed by atoms with Crippen molar-refractivity contribution in [3.8, 4) is 5.75 Å². The summed E-state index contributed by atoms with van der Waals surface area (Å²) in [5.74, 6) is -0.521. The number of imidazole rings is 1. The molecule has 0 spiro atoms. The Morgan fingerprint density at radius 2 is 2.32 bits per heavy atom. The molecule has 5 nitrogen and oxygen atoms in total. The van der Waals surface area contributed by atoms with E-state index in [9.17, 15) is 4.79 Å². The summed E-state index contributed by atoms with van der Waals surface area (Å²) in [7, 11) is 1.71. The van der Waals surface area contributed by atoms with E-state index in [-0.39, 0.29) is 12.3 Å². The molecule has 1 heterocycles. The lowest BCUT2D eigenvalue weighted by Gasteiger charge is -2.08. The van der Waals surface area contributed by atoms with Crippen LogP contribution in [0.15, 0.2) is 29.0 Å². The van der Waals surface area contributed by atoms with E-state index in [4.69, 9.17) is 21.4 Å². The highest BCUT2D eigenvalue weighted by Crippen LogP contribution is 2.21. The van der Waals surface area contributed by atoms with Crippen LogP contribution in [0.4, 0.5) is 0 Å². The zero-order valence-corrected chi connectivity index (χ0v) is 12.3.